The molecule has 1 aliphatic rings. The molecule has 1 fully saturated rings. The van der Waals surface area contributed by atoms with E-state index >= 15 is 0 Å². The first kappa shape index (κ1) is 11.5. The van der Waals surface area contributed by atoms with Crippen molar-refractivity contribution in [2.45, 2.75) is 32.2 Å². The van der Waals surface area contributed by atoms with Crippen molar-refractivity contribution in [3.63, 3.8) is 0 Å². The molecule has 1 saturated heterocycles. The highest BCUT2D eigenvalue weighted by atomic mass is 16.1. The number of hydrogen-bond acceptors (Lipinski definition) is 3. The molecule has 1 aliphatic heterocycles. The van der Waals surface area contributed by atoms with Gasteiger partial charge in [-0.15, -0.1) is 0 Å². The number of likely N-dealkylation sites (tertiary alicyclic amines) is 1. The first-order valence-corrected chi connectivity index (χ1v) is 5.39. The van der Waals surface area contributed by atoms with E-state index in [1.165, 1.54) is 12.8 Å². The number of amides is 1. The lowest BCUT2D eigenvalue weighted by Crippen LogP contribution is -2.49. The second kappa shape index (κ2) is 5.32. The monoisotopic (exact) mass is 199 g/mol. The van der Waals surface area contributed by atoms with Crippen LogP contribution in [0, 0.1) is 5.92 Å². The maximum Gasteiger partial charge on any atom is 0.231 e. The van der Waals surface area contributed by atoms with Gasteiger partial charge in [0.15, 0.2) is 0 Å². The van der Waals surface area contributed by atoms with Gasteiger partial charge in [0.05, 0.1) is 6.54 Å². The predicted molar refractivity (Wildman–Crippen MR) is 56.6 cm³/mol. The van der Waals surface area contributed by atoms with Crippen molar-refractivity contribution < 1.29 is 4.79 Å². The number of nitrogens with zero attached hydrogens (tertiary/aromatic N) is 1. The van der Waals surface area contributed by atoms with Crippen LogP contribution < -0.4 is 11.5 Å². The van der Waals surface area contributed by atoms with Crippen LogP contribution in [-0.4, -0.2) is 36.5 Å². The van der Waals surface area contributed by atoms with Crippen LogP contribution >= 0.6 is 0 Å². The molecule has 4 N–H and O–H groups in total. The van der Waals surface area contributed by atoms with Crippen LogP contribution in [-0.2, 0) is 4.79 Å². The quantitative estimate of drug-likeness (QED) is 0.665. The van der Waals surface area contributed by atoms with Gasteiger partial charge in [0, 0.05) is 12.6 Å². The fourth-order valence-corrected chi connectivity index (χ4v) is 2.21. The van der Waals surface area contributed by atoms with Crippen LogP contribution in [0.25, 0.3) is 0 Å². The van der Waals surface area contributed by atoms with E-state index in [0.717, 1.165) is 18.9 Å². The van der Waals surface area contributed by atoms with Gasteiger partial charge in [-0.1, -0.05) is 13.3 Å². The Morgan fingerprint density at radius 1 is 1.57 bits per heavy atom. The second-order valence-corrected chi connectivity index (χ2v) is 4.12. The zero-order valence-electron chi connectivity index (χ0n) is 8.91. The lowest BCUT2D eigenvalue weighted by molar-refractivity contribution is -0.120. The van der Waals surface area contributed by atoms with Gasteiger partial charge in [-0.25, -0.2) is 0 Å². The lowest BCUT2D eigenvalue weighted by Gasteiger charge is -2.38. The van der Waals surface area contributed by atoms with Gasteiger partial charge in [0.1, 0.15) is 0 Å². The van der Waals surface area contributed by atoms with Crippen molar-refractivity contribution in [1.82, 2.24) is 4.90 Å². The van der Waals surface area contributed by atoms with E-state index in [1.54, 1.807) is 0 Å². The third kappa shape index (κ3) is 2.96. The van der Waals surface area contributed by atoms with Crippen molar-refractivity contribution in [2.75, 3.05) is 19.6 Å². The molecule has 0 aromatic heterocycles. The molecule has 1 rings (SSSR count). The summed E-state index contributed by atoms with van der Waals surface area (Å²) in [7, 11) is 0. The van der Waals surface area contributed by atoms with Crippen LogP contribution in [0.5, 0.6) is 0 Å². The molecule has 4 nitrogen and oxygen atoms in total. The maximum atomic E-state index is 10.8. The Labute approximate surface area is 85.6 Å². The molecule has 0 bridgehead atoms. The number of piperidine rings is 1. The van der Waals surface area contributed by atoms with E-state index in [1.807, 2.05) is 0 Å². The van der Waals surface area contributed by atoms with Crippen molar-refractivity contribution in [3.05, 3.63) is 0 Å². The minimum absolute atomic E-state index is 0.251. The van der Waals surface area contributed by atoms with Gasteiger partial charge in [-0.2, -0.15) is 0 Å². The molecule has 0 radical (unpaired) electrons. The number of hydrogen-bond donors (Lipinski definition) is 2. The first-order chi connectivity index (χ1) is 6.67. The standard InChI is InChI=1S/C10H21N3O/c1-2-8-3-4-13(7-10(12)14)9(5-8)6-11/h8-9H,2-7,11H2,1H3,(H2,12,14). The molecule has 0 saturated carbocycles. The SMILES string of the molecule is CCC1CCN(CC(N)=O)C(CN)C1. The lowest BCUT2D eigenvalue weighted by atomic mass is 9.89. The third-order valence-corrected chi connectivity index (χ3v) is 3.15. The van der Waals surface area contributed by atoms with Gasteiger partial charge < -0.3 is 11.5 Å². The zero-order valence-corrected chi connectivity index (χ0v) is 8.91. The molecule has 0 aromatic carbocycles. The fourth-order valence-electron chi connectivity index (χ4n) is 2.21. The van der Waals surface area contributed by atoms with Crippen molar-refractivity contribution in [2.24, 2.45) is 17.4 Å². The second-order valence-electron chi connectivity index (χ2n) is 4.12. The molecule has 0 spiro atoms. The summed E-state index contributed by atoms with van der Waals surface area (Å²) in [5.74, 6) is 0.520. The normalized spacial score (nSPS) is 29.0. The van der Waals surface area contributed by atoms with Gasteiger partial charge in [0.25, 0.3) is 0 Å². The number of nitrogens with two attached hydrogens (primary N) is 2. The van der Waals surface area contributed by atoms with E-state index in [0.29, 0.717) is 19.1 Å². The summed E-state index contributed by atoms with van der Waals surface area (Å²) in [5, 5.41) is 0. The molecule has 4 heteroatoms. The third-order valence-electron chi connectivity index (χ3n) is 3.15. The molecule has 2 atom stereocenters. The Kier molecular flexibility index (Phi) is 4.35. The maximum absolute atomic E-state index is 10.8. The Bertz CT molecular complexity index is 196. The molecule has 14 heavy (non-hydrogen) atoms. The van der Waals surface area contributed by atoms with E-state index in [2.05, 4.69) is 11.8 Å². The highest BCUT2D eigenvalue weighted by Crippen LogP contribution is 2.24. The van der Waals surface area contributed by atoms with Crippen LogP contribution in [0.1, 0.15) is 26.2 Å². The topological polar surface area (TPSA) is 72.3 Å². The van der Waals surface area contributed by atoms with Gasteiger partial charge in [0.2, 0.25) is 5.91 Å². The van der Waals surface area contributed by atoms with Crippen LogP contribution in [0.2, 0.25) is 0 Å². The van der Waals surface area contributed by atoms with Crippen LogP contribution in [0.15, 0.2) is 0 Å². The summed E-state index contributed by atoms with van der Waals surface area (Å²) in [5.41, 5.74) is 10.9. The highest BCUT2D eigenvalue weighted by Gasteiger charge is 2.27. The summed E-state index contributed by atoms with van der Waals surface area (Å²) in [4.78, 5) is 12.9. The number of carbonyl (C=O) groups excluding carboxylic acids is 1. The average Bonchev–Trinajstić information content (AvgIpc) is 2.17. The molecular formula is C10H21N3O. The number of primary amides is 1. The van der Waals surface area contributed by atoms with Crippen LogP contribution in [0.4, 0.5) is 0 Å². The molecule has 0 aliphatic carbocycles. The minimum atomic E-state index is -0.251. The number of rotatable bonds is 4. The summed E-state index contributed by atoms with van der Waals surface area (Å²) >= 11 is 0. The largest absolute Gasteiger partial charge is 0.369 e. The van der Waals surface area contributed by atoms with E-state index in [4.69, 9.17) is 11.5 Å². The predicted octanol–water partition coefficient (Wildman–Crippen LogP) is -0.0790. The van der Waals surface area contributed by atoms with Gasteiger partial charge in [-0.3, -0.25) is 9.69 Å². The summed E-state index contributed by atoms with van der Waals surface area (Å²) in [6.45, 7) is 4.16. The van der Waals surface area contributed by atoms with Crippen molar-refractivity contribution in [1.29, 1.82) is 0 Å². The highest BCUT2D eigenvalue weighted by molar-refractivity contribution is 5.75. The van der Waals surface area contributed by atoms with Gasteiger partial charge in [-0.05, 0) is 25.3 Å². The summed E-state index contributed by atoms with van der Waals surface area (Å²) < 4.78 is 0. The summed E-state index contributed by atoms with van der Waals surface area (Å²) in [6, 6.07) is 0.348. The smallest absolute Gasteiger partial charge is 0.231 e. The minimum Gasteiger partial charge on any atom is -0.369 e. The van der Waals surface area contributed by atoms with Crippen molar-refractivity contribution in [3.8, 4) is 0 Å². The van der Waals surface area contributed by atoms with E-state index in [-0.39, 0.29) is 5.91 Å². The molecule has 1 amide bonds. The first-order valence-electron chi connectivity index (χ1n) is 5.39. The fraction of sp³-hybridized carbons (Fsp3) is 0.900. The Morgan fingerprint density at radius 3 is 2.79 bits per heavy atom. The Hall–Kier alpha value is -0.610. The molecule has 1 heterocycles. The Balaban J connectivity index is 2.47. The van der Waals surface area contributed by atoms with Crippen molar-refractivity contribution >= 4 is 5.91 Å². The molecule has 2 unspecified atom stereocenters. The van der Waals surface area contributed by atoms with Gasteiger partial charge >= 0.3 is 0 Å². The molecule has 0 aromatic rings. The van der Waals surface area contributed by atoms with E-state index < -0.39 is 0 Å². The van der Waals surface area contributed by atoms with Crippen LogP contribution in [0.3, 0.4) is 0 Å². The van der Waals surface area contributed by atoms with E-state index in [9.17, 15) is 4.79 Å². The number of carbonyl (C=O) groups is 1. The summed E-state index contributed by atoms with van der Waals surface area (Å²) in [6.07, 6.45) is 3.49. The Morgan fingerprint density at radius 2 is 2.29 bits per heavy atom. The molecular weight excluding hydrogens is 178 g/mol. The zero-order chi connectivity index (χ0) is 10.6. The average molecular weight is 199 g/mol. The molecule has 82 valence electrons.